The molecular formula is C41H30O4S2. The molecule has 4 aromatic rings. The quantitative estimate of drug-likeness (QED) is 0.160. The van der Waals surface area contributed by atoms with Gasteiger partial charge in [-0.05, 0) is 68.8 Å². The Labute approximate surface area is 280 Å². The minimum atomic E-state index is -0.436. The second-order valence-electron chi connectivity index (χ2n) is 14.7. The molecule has 0 bridgehead atoms. The Kier molecular flexibility index (Phi) is 5.42. The molecule has 9 rings (SSSR count). The van der Waals surface area contributed by atoms with E-state index >= 15 is 0 Å². The molecule has 4 nitrogen and oxygen atoms in total. The highest BCUT2D eigenvalue weighted by Crippen LogP contribution is 2.66. The smallest absolute Gasteiger partial charge is 0.234 e. The minimum Gasteiger partial charge on any atom is -0.285 e. The molecule has 0 amide bonds. The molecule has 2 aromatic heterocycles. The first-order valence-corrected chi connectivity index (χ1v) is 17.5. The zero-order chi connectivity index (χ0) is 32.9. The molecule has 0 fully saturated rings. The fourth-order valence-corrected chi connectivity index (χ4v) is 11.8. The highest BCUT2D eigenvalue weighted by Gasteiger charge is 2.52. The summed E-state index contributed by atoms with van der Waals surface area (Å²) in [5.41, 5.74) is 9.70. The maximum Gasteiger partial charge on any atom is 0.234 e. The van der Waals surface area contributed by atoms with Crippen LogP contribution in [0.25, 0.3) is 33.1 Å². The third kappa shape index (κ3) is 3.42. The average Bonchev–Trinajstić information content (AvgIpc) is 3.84. The van der Waals surface area contributed by atoms with Crippen LogP contribution in [-0.2, 0) is 25.8 Å². The van der Waals surface area contributed by atoms with Gasteiger partial charge in [0.05, 0.1) is 0 Å². The number of allylic oxidation sites excluding steroid dienone is 6. The molecule has 230 valence electrons. The number of benzene rings is 2. The summed E-state index contributed by atoms with van der Waals surface area (Å²) in [4.78, 5) is 56.7. The standard InChI is InChI=1S/C41H30O4S2/c1-39(2)19(15-25-21-11-7-9-13-23(21)33(42)35(25)44)17-27-29(39)31-37(46-27)38-32(41(31,5)6)30-28(47-38)18-20(40(30,3)4)16-26-22-12-8-10-14-24(22)34(43)36(26)45/h7-18H,1-6H3/b25-15-,26-16-. The largest absolute Gasteiger partial charge is 0.285 e. The fourth-order valence-electron chi connectivity index (χ4n) is 8.52. The maximum absolute atomic E-state index is 13.1. The summed E-state index contributed by atoms with van der Waals surface area (Å²) in [6.07, 6.45) is 8.32. The van der Waals surface area contributed by atoms with Crippen molar-refractivity contribution in [2.45, 2.75) is 57.8 Å². The Hall–Kier alpha value is -4.52. The highest BCUT2D eigenvalue weighted by atomic mass is 32.1. The third-order valence-electron chi connectivity index (χ3n) is 11.0. The number of ketones is 4. The molecule has 2 aromatic carbocycles. The van der Waals surface area contributed by atoms with Crippen LogP contribution in [0.2, 0.25) is 0 Å². The second-order valence-corrected chi connectivity index (χ2v) is 16.8. The van der Waals surface area contributed by atoms with Crippen molar-refractivity contribution in [3.05, 3.63) is 126 Å². The summed E-state index contributed by atoms with van der Waals surface area (Å²) < 4.78 is 0. The first kappa shape index (κ1) is 28.7. The lowest BCUT2D eigenvalue weighted by Gasteiger charge is -2.32. The molecule has 0 N–H and O–H groups in total. The van der Waals surface area contributed by atoms with Crippen molar-refractivity contribution < 1.29 is 19.2 Å². The van der Waals surface area contributed by atoms with E-state index in [0.29, 0.717) is 33.4 Å². The maximum atomic E-state index is 13.1. The van der Waals surface area contributed by atoms with Crippen molar-refractivity contribution in [3.8, 4) is 9.75 Å². The predicted octanol–water partition coefficient (Wildman–Crippen LogP) is 9.16. The van der Waals surface area contributed by atoms with Gasteiger partial charge in [0.25, 0.3) is 0 Å². The number of fused-ring (bicyclic) bond motifs is 9. The normalized spacial score (nSPS) is 22.0. The lowest BCUT2D eigenvalue weighted by molar-refractivity contribution is -0.110. The van der Waals surface area contributed by atoms with E-state index in [4.69, 9.17) is 0 Å². The van der Waals surface area contributed by atoms with E-state index in [2.05, 4.69) is 53.7 Å². The molecular weight excluding hydrogens is 621 g/mol. The van der Waals surface area contributed by atoms with E-state index in [1.165, 1.54) is 41.8 Å². The number of hydrogen-bond donors (Lipinski definition) is 0. The number of thiophene rings is 2. The van der Waals surface area contributed by atoms with E-state index in [9.17, 15) is 19.2 Å². The number of carbonyl (C=O) groups is 4. The highest BCUT2D eigenvalue weighted by molar-refractivity contribution is 7.23. The van der Waals surface area contributed by atoms with Gasteiger partial charge in [0.15, 0.2) is 0 Å². The molecule has 5 aliphatic rings. The van der Waals surface area contributed by atoms with Gasteiger partial charge in [-0.25, -0.2) is 0 Å². The van der Waals surface area contributed by atoms with E-state index in [-0.39, 0.29) is 16.2 Å². The van der Waals surface area contributed by atoms with E-state index < -0.39 is 23.1 Å². The monoisotopic (exact) mass is 650 g/mol. The van der Waals surface area contributed by atoms with E-state index in [0.717, 1.165) is 11.1 Å². The zero-order valence-corrected chi connectivity index (χ0v) is 28.5. The number of hydrogen-bond acceptors (Lipinski definition) is 6. The molecule has 2 heterocycles. The molecule has 0 aliphatic heterocycles. The molecule has 0 saturated heterocycles. The minimum absolute atomic E-state index is 0.280. The second kappa shape index (κ2) is 8.88. The van der Waals surface area contributed by atoms with Crippen LogP contribution in [-0.4, -0.2) is 23.1 Å². The molecule has 0 spiro atoms. The Morgan fingerprint density at radius 1 is 0.468 bits per heavy atom. The van der Waals surface area contributed by atoms with Crippen LogP contribution in [0.3, 0.4) is 0 Å². The summed E-state index contributed by atoms with van der Waals surface area (Å²) in [5.74, 6) is -1.74. The predicted molar refractivity (Wildman–Crippen MR) is 189 cm³/mol. The molecule has 0 unspecified atom stereocenters. The van der Waals surface area contributed by atoms with Gasteiger partial charge in [0.2, 0.25) is 23.1 Å². The molecule has 0 saturated carbocycles. The van der Waals surface area contributed by atoms with Crippen LogP contribution in [0, 0.1) is 0 Å². The summed E-state index contributed by atoms with van der Waals surface area (Å²) in [6, 6.07) is 14.5. The van der Waals surface area contributed by atoms with Crippen LogP contribution < -0.4 is 0 Å². The van der Waals surface area contributed by atoms with Crippen molar-refractivity contribution in [2.24, 2.45) is 0 Å². The Morgan fingerprint density at radius 3 is 1.21 bits per heavy atom. The number of carbonyl (C=O) groups excluding carboxylic acids is 4. The Bertz CT molecular complexity index is 2230. The first-order chi connectivity index (χ1) is 22.2. The molecule has 5 aliphatic carbocycles. The topological polar surface area (TPSA) is 68.3 Å². The van der Waals surface area contributed by atoms with Gasteiger partial charge in [0.1, 0.15) is 0 Å². The van der Waals surface area contributed by atoms with Crippen molar-refractivity contribution in [1.29, 1.82) is 0 Å². The SMILES string of the molecule is CC1(C)C(/C=C2\C(=O)C(=O)c3ccccc32)=Cc2sc3c(c21)C(C)(C)c1c-3sc2c1C(C)(C)C(/C=C1\C(=O)C(=O)c3ccccc31)=C2. The van der Waals surface area contributed by atoms with Crippen molar-refractivity contribution in [3.63, 3.8) is 0 Å². The van der Waals surface area contributed by atoms with Gasteiger partial charge in [-0.15, -0.1) is 22.7 Å². The van der Waals surface area contributed by atoms with Gasteiger partial charge in [-0.1, -0.05) is 90.1 Å². The van der Waals surface area contributed by atoms with Crippen LogP contribution >= 0.6 is 22.7 Å². The summed E-state index contributed by atoms with van der Waals surface area (Å²) in [5, 5.41) is 0. The van der Waals surface area contributed by atoms with Gasteiger partial charge in [0, 0.05) is 58.0 Å². The molecule has 0 atom stereocenters. The molecule has 6 heteroatoms. The Morgan fingerprint density at radius 2 is 0.830 bits per heavy atom. The number of Topliss-reactive ketones (excluding diaryl/α,β-unsaturated/α-hetero) is 4. The van der Waals surface area contributed by atoms with Crippen LogP contribution in [0.4, 0.5) is 0 Å². The Balaban J connectivity index is 1.14. The average molecular weight is 651 g/mol. The van der Waals surface area contributed by atoms with E-state index in [1.54, 1.807) is 24.3 Å². The van der Waals surface area contributed by atoms with Crippen LogP contribution in [0.1, 0.15) is 105 Å². The van der Waals surface area contributed by atoms with Gasteiger partial charge in [-0.3, -0.25) is 19.2 Å². The fraction of sp³-hybridized carbons (Fsp3) is 0.220. The van der Waals surface area contributed by atoms with Gasteiger partial charge < -0.3 is 0 Å². The summed E-state index contributed by atoms with van der Waals surface area (Å²) in [7, 11) is 0. The number of rotatable bonds is 2. The van der Waals surface area contributed by atoms with Crippen molar-refractivity contribution >= 4 is 69.1 Å². The summed E-state index contributed by atoms with van der Waals surface area (Å²) >= 11 is 3.64. The zero-order valence-electron chi connectivity index (χ0n) is 26.9. The van der Waals surface area contributed by atoms with Gasteiger partial charge >= 0.3 is 0 Å². The lowest BCUT2D eigenvalue weighted by Crippen LogP contribution is -2.27. The first-order valence-electron chi connectivity index (χ1n) is 15.8. The van der Waals surface area contributed by atoms with Crippen molar-refractivity contribution in [1.82, 2.24) is 0 Å². The van der Waals surface area contributed by atoms with Gasteiger partial charge in [-0.2, -0.15) is 0 Å². The van der Waals surface area contributed by atoms with Crippen molar-refractivity contribution in [2.75, 3.05) is 0 Å². The summed E-state index contributed by atoms with van der Waals surface area (Å²) in [6.45, 7) is 13.5. The molecule has 0 radical (unpaired) electrons. The molecule has 47 heavy (non-hydrogen) atoms. The third-order valence-corrected chi connectivity index (χ3v) is 13.5. The van der Waals surface area contributed by atoms with Crippen LogP contribution in [0.5, 0.6) is 0 Å². The lowest BCUT2D eigenvalue weighted by atomic mass is 9.70. The van der Waals surface area contributed by atoms with E-state index in [1.807, 2.05) is 59.1 Å². The van der Waals surface area contributed by atoms with Crippen LogP contribution in [0.15, 0.2) is 71.8 Å².